The number of nitro benzene ring substituents is 1. The maximum absolute atomic E-state index is 10.6. The largest absolute Gasteiger partial charge is 0.457 e. The van der Waals surface area contributed by atoms with E-state index in [1.54, 1.807) is 24.3 Å². The molecule has 7 heteroatoms. The summed E-state index contributed by atoms with van der Waals surface area (Å²) in [6.07, 6.45) is 1.44. The number of hydrogen-bond acceptors (Lipinski definition) is 5. The van der Waals surface area contributed by atoms with E-state index in [4.69, 9.17) is 27.6 Å². The van der Waals surface area contributed by atoms with Gasteiger partial charge in [0.05, 0.1) is 10.5 Å². The van der Waals surface area contributed by atoms with Crippen LogP contribution < -0.4 is 5.73 Å². The molecular weight excluding hydrogens is 290 g/mol. The first-order valence-electron chi connectivity index (χ1n) is 5.77. The standard InChI is InChI=1S/C14H9N3O3S/c15-8-10(14(16)21)7-12-5-6-13(20-12)9-1-3-11(4-2-9)17(18)19/h1-7H,(H2,16,21)/b10-7+. The van der Waals surface area contributed by atoms with Gasteiger partial charge >= 0.3 is 0 Å². The van der Waals surface area contributed by atoms with Gasteiger partial charge in [0.2, 0.25) is 0 Å². The Hall–Kier alpha value is -2.98. The van der Waals surface area contributed by atoms with Gasteiger partial charge in [-0.3, -0.25) is 10.1 Å². The molecule has 0 amide bonds. The summed E-state index contributed by atoms with van der Waals surface area (Å²) in [6, 6.07) is 11.2. The van der Waals surface area contributed by atoms with Crippen LogP contribution in [0.4, 0.5) is 5.69 Å². The monoisotopic (exact) mass is 299 g/mol. The molecule has 0 bridgehead atoms. The number of hydrogen-bond donors (Lipinski definition) is 1. The molecule has 0 radical (unpaired) electrons. The molecule has 0 fully saturated rings. The minimum absolute atomic E-state index is 0.00525. The van der Waals surface area contributed by atoms with Crippen LogP contribution in [0.15, 0.2) is 46.4 Å². The van der Waals surface area contributed by atoms with Crippen molar-refractivity contribution in [2.24, 2.45) is 5.73 Å². The molecule has 2 aromatic rings. The van der Waals surface area contributed by atoms with E-state index in [1.165, 1.54) is 18.2 Å². The third kappa shape index (κ3) is 3.32. The lowest BCUT2D eigenvalue weighted by atomic mass is 10.1. The van der Waals surface area contributed by atoms with E-state index in [0.29, 0.717) is 17.1 Å². The highest BCUT2D eigenvalue weighted by atomic mass is 32.1. The lowest BCUT2D eigenvalue weighted by Gasteiger charge is -1.97. The second kappa shape index (κ2) is 5.98. The van der Waals surface area contributed by atoms with Gasteiger partial charge in [0.25, 0.3) is 5.69 Å². The highest BCUT2D eigenvalue weighted by Gasteiger charge is 2.08. The molecule has 6 nitrogen and oxygen atoms in total. The minimum atomic E-state index is -0.471. The molecule has 0 saturated heterocycles. The first-order valence-corrected chi connectivity index (χ1v) is 6.18. The van der Waals surface area contributed by atoms with E-state index >= 15 is 0 Å². The Labute approximate surface area is 125 Å². The Bertz CT molecular complexity index is 770. The lowest BCUT2D eigenvalue weighted by molar-refractivity contribution is -0.384. The molecule has 104 valence electrons. The van der Waals surface area contributed by atoms with Crippen LogP contribution in [0.1, 0.15) is 5.76 Å². The number of non-ortho nitro benzene ring substituents is 1. The Balaban J connectivity index is 2.30. The van der Waals surface area contributed by atoms with E-state index < -0.39 is 4.92 Å². The average molecular weight is 299 g/mol. The van der Waals surface area contributed by atoms with Crippen LogP contribution in [0.2, 0.25) is 0 Å². The van der Waals surface area contributed by atoms with E-state index in [2.05, 4.69) is 0 Å². The quantitative estimate of drug-likeness (QED) is 0.306. The van der Waals surface area contributed by atoms with Gasteiger partial charge in [-0.2, -0.15) is 5.26 Å². The van der Waals surface area contributed by atoms with Gasteiger partial charge in [-0.15, -0.1) is 0 Å². The zero-order valence-electron chi connectivity index (χ0n) is 10.6. The van der Waals surface area contributed by atoms with Crippen LogP contribution in [0.5, 0.6) is 0 Å². The number of furan rings is 1. The Kier molecular flexibility index (Phi) is 4.11. The van der Waals surface area contributed by atoms with Crippen LogP contribution >= 0.6 is 12.2 Å². The summed E-state index contributed by atoms with van der Waals surface area (Å²) < 4.78 is 5.54. The molecular formula is C14H9N3O3S. The van der Waals surface area contributed by atoms with Crippen LogP contribution in [0, 0.1) is 21.4 Å². The fourth-order valence-electron chi connectivity index (χ4n) is 1.63. The molecule has 0 aliphatic carbocycles. The number of nitrogens with two attached hydrogens (primary N) is 1. The fourth-order valence-corrected chi connectivity index (χ4v) is 1.74. The van der Waals surface area contributed by atoms with Crippen molar-refractivity contribution in [3.63, 3.8) is 0 Å². The Morgan fingerprint density at radius 2 is 2.00 bits per heavy atom. The third-order valence-corrected chi connectivity index (χ3v) is 2.88. The molecule has 1 aromatic heterocycles. The molecule has 21 heavy (non-hydrogen) atoms. The predicted molar refractivity (Wildman–Crippen MR) is 81.2 cm³/mol. The van der Waals surface area contributed by atoms with Gasteiger partial charge in [0.1, 0.15) is 22.6 Å². The molecule has 0 spiro atoms. The van der Waals surface area contributed by atoms with Crippen molar-refractivity contribution in [2.45, 2.75) is 0 Å². The van der Waals surface area contributed by atoms with Crippen LogP contribution in [-0.4, -0.2) is 9.91 Å². The second-order valence-corrected chi connectivity index (χ2v) is 4.48. The Morgan fingerprint density at radius 1 is 1.33 bits per heavy atom. The number of rotatable bonds is 4. The van der Waals surface area contributed by atoms with Gasteiger partial charge in [0, 0.05) is 23.8 Å². The molecule has 2 rings (SSSR count). The summed E-state index contributed by atoms with van der Waals surface area (Å²) in [4.78, 5) is 10.1. The molecule has 0 unspecified atom stereocenters. The zero-order chi connectivity index (χ0) is 15.4. The minimum Gasteiger partial charge on any atom is -0.457 e. The average Bonchev–Trinajstić information content (AvgIpc) is 2.93. The summed E-state index contributed by atoms with van der Waals surface area (Å²) >= 11 is 4.74. The molecule has 0 saturated carbocycles. The van der Waals surface area contributed by atoms with E-state index in [9.17, 15) is 10.1 Å². The molecule has 2 N–H and O–H groups in total. The molecule has 0 atom stereocenters. The van der Waals surface area contributed by atoms with Crippen LogP contribution in [0.3, 0.4) is 0 Å². The number of thiocarbonyl (C=S) groups is 1. The van der Waals surface area contributed by atoms with E-state index in [1.807, 2.05) is 6.07 Å². The van der Waals surface area contributed by atoms with Crippen molar-refractivity contribution >= 4 is 29.0 Å². The first kappa shape index (κ1) is 14.4. The zero-order valence-corrected chi connectivity index (χ0v) is 11.5. The van der Waals surface area contributed by atoms with Crippen LogP contribution in [0.25, 0.3) is 17.4 Å². The van der Waals surface area contributed by atoms with Gasteiger partial charge in [-0.05, 0) is 24.3 Å². The molecule has 0 aliphatic heterocycles. The van der Waals surface area contributed by atoms with Gasteiger partial charge in [-0.25, -0.2) is 0 Å². The highest BCUT2D eigenvalue weighted by molar-refractivity contribution is 7.80. The lowest BCUT2D eigenvalue weighted by Crippen LogP contribution is -2.09. The second-order valence-electron chi connectivity index (χ2n) is 4.04. The topological polar surface area (TPSA) is 106 Å². The van der Waals surface area contributed by atoms with Crippen molar-refractivity contribution in [3.8, 4) is 17.4 Å². The van der Waals surface area contributed by atoms with E-state index in [0.717, 1.165) is 0 Å². The normalized spacial score (nSPS) is 10.9. The van der Waals surface area contributed by atoms with Gasteiger partial charge in [0.15, 0.2) is 0 Å². The maximum Gasteiger partial charge on any atom is 0.269 e. The van der Waals surface area contributed by atoms with E-state index in [-0.39, 0.29) is 16.2 Å². The number of nitro groups is 1. The van der Waals surface area contributed by atoms with Crippen LogP contribution in [-0.2, 0) is 0 Å². The van der Waals surface area contributed by atoms with Crippen molar-refractivity contribution in [3.05, 3.63) is 57.8 Å². The summed E-state index contributed by atoms with van der Waals surface area (Å²) in [6.45, 7) is 0. The summed E-state index contributed by atoms with van der Waals surface area (Å²) in [5.74, 6) is 0.948. The molecule has 0 aliphatic rings. The summed E-state index contributed by atoms with van der Waals surface area (Å²) in [5.41, 5.74) is 6.24. The van der Waals surface area contributed by atoms with Crippen molar-refractivity contribution in [2.75, 3.05) is 0 Å². The number of nitrogens with zero attached hydrogens (tertiary/aromatic N) is 2. The number of nitriles is 1. The number of benzene rings is 1. The fraction of sp³-hybridized carbons (Fsp3) is 0. The summed E-state index contributed by atoms with van der Waals surface area (Å²) in [7, 11) is 0. The first-order chi connectivity index (χ1) is 10.0. The van der Waals surface area contributed by atoms with Crippen molar-refractivity contribution < 1.29 is 9.34 Å². The predicted octanol–water partition coefficient (Wildman–Crippen LogP) is 3.05. The smallest absolute Gasteiger partial charge is 0.269 e. The summed E-state index contributed by atoms with van der Waals surface area (Å²) in [5, 5.41) is 19.5. The molecule has 1 aromatic carbocycles. The van der Waals surface area contributed by atoms with Crippen molar-refractivity contribution in [1.82, 2.24) is 0 Å². The highest BCUT2D eigenvalue weighted by Crippen LogP contribution is 2.25. The third-order valence-electron chi connectivity index (χ3n) is 2.66. The van der Waals surface area contributed by atoms with Gasteiger partial charge < -0.3 is 10.2 Å². The Morgan fingerprint density at radius 3 is 2.52 bits per heavy atom. The molecule has 1 heterocycles. The SMILES string of the molecule is N#C/C(=C\c1ccc(-c2ccc([N+](=O)[O-])cc2)o1)C(N)=S. The maximum atomic E-state index is 10.6. The van der Waals surface area contributed by atoms with Gasteiger partial charge in [-0.1, -0.05) is 12.2 Å². The van der Waals surface area contributed by atoms with Crippen molar-refractivity contribution in [1.29, 1.82) is 5.26 Å².